The van der Waals surface area contributed by atoms with Crippen LogP contribution in [0.1, 0.15) is 56.6 Å². The van der Waals surface area contributed by atoms with Crippen LogP contribution in [0.3, 0.4) is 0 Å². The van der Waals surface area contributed by atoms with Crippen LogP contribution in [0.25, 0.3) is 0 Å². The zero-order chi connectivity index (χ0) is 17.2. The van der Waals surface area contributed by atoms with Gasteiger partial charge >= 0.3 is 0 Å². The second kappa shape index (κ2) is 7.28. The summed E-state index contributed by atoms with van der Waals surface area (Å²) in [5.74, 6) is 1.66. The normalized spacial score (nSPS) is 18.2. The summed E-state index contributed by atoms with van der Waals surface area (Å²) < 4.78 is 14.2. The molecule has 0 bridgehead atoms. The molecule has 0 aliphatic heterocycles. The first-order valence-electron chi connectivity index (χ1n) is 9.05. The molecule has 0 radical (unpaired) electrons. The summed E-state index contributed by atoms with van der Waals surface area (Å²) in [4.78, 5) is 9.34. The van der Waals surface area contributed by atoms with Gasteiger partial charge in [0.1, 0.15) is 11.6 Å². The second-order valence-electron chi connectivity index (χ2n) is 7.01. The van der Waals surface area contributed by atoms with Gasteiger partial charge in [0.15, 0.2) is 0 Å². The van der Waals surface area contributed by atoms with Crippen LogP contribution in [0, 0.1) is 5.82 Å². The van der Waals surface area contributed by atoms with E-state index in [1.165, 1.54) is 51.0 Å². The summed E-state index contributed by atoms with van der Waals surface area (Å²) in [6, 6.07) is 7.45. The van der Waals surface area contributed by atoms with Crippen LogP contribution in [0.2, 0.25) is 0 Å². The number of hydrogen-bond acceptors (Lipinski definition) is 4. The van der Waals surface area contributed by atoms with Crippen LogP contribution in [0.15, 0.2) is 28.7 Å². The van der Waals surface area contributed by atoms with Crippen LogP contribution in [-0.2, 0) is 0 Å². The van der Waals surface area contributed by atoms with E-state index in [0.717, 1.165) is 11.5 Å². The van der Waals surface area contributed by atoms with Crippen molar-refractivity contribution in [3.8, 4) is 0 Å². The standard InChI is InChI=1S/C19H22BrFN4/c20-15-9-8-14(10-16(15)21)22-18-11-17(12-6-7-12)24-19(25-18)23-13-4-2-1-3-5-13/h8-13H,1-7H2,(H2,22,23,24,25). The highest BCUT2D eigenvalue weighted by atomic mass is 79.9. The molecule has 6 heteroatoms. The lowest BCUT2D eigenvalue weighted by atomic mass is 9.96. The first-order valence-corrected chi connectivity index (χ1v) is 9.84. The summed E-state index contributed by atoms with van der Waals surface area (Å²) in [6.07, 6.45) is 8.59. The van der Waals surface area contributed by atoms with Gasteiger partial charge in [-0.15, -0.1) is 0 Å². The predicted octanol–water partition coefficient (Wildman–Crippen LogP) is 5.74. The molecule has 0 atom stereocenters. The molecule has 2 fully saturated rings. The minimum atomic E-state index is -0.290. The topological polar surface area (TPSA) is 49.8 Å². The Morgan fingerprint density at radius 3 is 2.52 bits per heavy atom. The number of anilines is 3. The van der Waals surface area contributed by atoms with Crippen molar-refractivity contribution < 1.29 is 4.39 Å². The third-order valence-electron chi connectivity index (χ3n) is 4.87. The molecule has 1 aromatic carbocycles. The molecule has 1 heterocycles. The molecule has 0 unspecified atom stereocenters. The molecule has 25 heavy (non-hydrogen) atoms. The molecular weight excluding hydrogens is 383 g/mol. The van der Waals surface area contributed by atoms with Gasteiger partial charge in [-0.1, -0.05) is 19.3 Å². The third kappa shape index (κ3) is 4.29. The smallest absolute Gasteiger partial charge is 0.225 e. The monoisotopic (exact) mass is 404 g/mol. The fourth-order valence-corrected chi connectivity index (χ4v) is 3.58. The largest absolute Gasteiger partial charge is 0.351 e. The second-order valence-corrected chi connectivity index (χ2v) is 7.86. The van der Waals surface area contributed by atoms with Gasteiger partial charge in [-0.05, 0) is 59.8 Å². The molecule has 0 amide bonds. The third-order valence-corrected chi connectivity index (χ3v) is 5.52. The number of nitrogens with zero attached hydrogens (tertiary/aromatic N) is 2. The van der Waals surface area contributed by atoms with Gasteiger partial charge in [0.25, 0.3) is 0 Å². The van der Waals surface area contributed by atoms with Crippen LogP contribution in [0.5, 0.6) is 0 Å². The molecule has 1 aromatic heterocycles. The lowest BCUT2D eigenvalue weighted by Gasteiger charge is -2.23. The first kappa shape index (κ1) is 16.8. The lowest BCUT2D eigenvalue weighted by molar-refractivity contribution is 0.460. The fourth-order valence-electron chi connectivity index (χ4n) is 3.33. The SMILES string of the molecule is Fc1cc(Nc2cc(C3CC3)nc(NC3CCCCC3)n2)ccc1Br. The van der Waals surface area contributed by atoms with E-state index in [1.54, 1.807) is 6.07 Å². The van der Waals surface area contributed by atoms with Gasteiger partial charge in [0.05, 0.1) is 10.2 Å². The van der Waals surface area contributed by atoms with E-state index in [-0.39, 0.29) is 5.82 Å². The van der Waals surface area contributed by atoms with E-state index in [4.69, 9.17) is 4.98 Å². The number of benzene rings is 1. The van der Waals surface area contributed by atoms with Crippen LogP contribution in [0.4, 0.5) is 21.8 Å². The molecule has 132 valence electrons. The van der Waals surface area contributed by atoms with Crippen molar-refractivity contribution in [2.45, 2.75) is 56.9 Å². The van der Waals surface area contributed by atoms with E-state index in [2.05, 4.69) is 31.5 Å². The number of aromatic nitrogens is 2. The Hall–Kier alpha value is -1.69. The Labute approximate surface area is 155 Å². The highest BCUT2D eigenvalue weighted by Crippen LogP contribution is 2.40. The van der Waals surface area contributed by atoms with Crippen molar-refractivity contribution in [3.63, 3.8) is 0 Å². The van der Waals surface area contributed by atoms with E-state index in [0.29, 0.717) is 28.1 Å². The Kier molecular flexibility index (Phi) is 4.88. The predicted molar refractivity (Wildman–Crippen MR) is 102 cm³/mol. The summed E-state index contributed by atoms with van der Waals surface area (Å²) in [6.45, 7) is 0. The molecule has 4 rings (SSSR count). The maximum atomic E-state index is 13.8. The summed E-state index contributed by atoms with van der Waals surface area (Å²) in [7, 11) is 0. The summed E-state index contributed by atoms with van der Waals surface area (Å²) >= 11 is 3.18. The molecule has 4 nitrogen and oxygen atoms in total. The van der Waals surface area contributed by atoms with Gasteiger partial charge < -0.3 is 10.6 Å². The average molecular weight is 405 g/mol. The van der Waals surface area contributed by atoms with Crippen LogP contribution in [-0.4, -0.2) is 16.0 Å². The van der Waals surface area contributed by atoms with Crippen molar-refractivity contribution in [2.75, 3.05) is 10.6 Å². The van der Waals surface area contributed by atoms with E-state index < -0.39 is 0 Å². The van der Waals surface area contributed by atoms with Crippen molar-refractivity contribution in [2.24, 2.45) is 0 Å². The van der Waals surface area contributed by atoms with Crippen molar-refractivity contribution in [1.29, 1.82) is 0 Å². The number of halogens is 2. The number of hydrogen-bond donors (Lipinski definition) is 2. The van der Waals surface area contributed by atoms with Crippen molar-refractivity contribution in [3.05, 3.63) is 40.2 Å². The van der Waals surface area contributed by atoms with Gasteiger partial charge in [-0.3, -0.25) is 0 Å². The van der Waals surface area contributed by atoms with E-state index in [1.807, 2.05) is 12.1 Å². The van der Waals surface area contributed by atoms with E-state index in [9.17, 15) is 4.39 Å². The number of rotatable bonds is 5. The van der Waals surface area contributed by atoms with Crippen LogP contribution < -0.4 is 10.6 Å². The molecule has 2 aromatic rings. The molecule has 0 saturated heterocycles. The average Bonchev–Trinajstić information content (AvgIpc) is 3.44. The lowest BCUT2D eigenvalue weighted by Crippen LogP contribution is -2.23. The van der Waals surface area contributed by atoms with E-state index >= 15 is 0 Å². The Bertz CT molecular complexity index is 757. The van der Waals surface area contributed by atoms with Gasteiger partial charge in [0, 0.05) is 23.7 Å². The van der Waals surface area contributed by atoms with Gasteiger partial charge in [0.2, 0.25) is 5.95 Å². The van der Waals surface area contributed by atoms with Crippen molar-refractivity contribution >= 4 is 33.4 Å². The quantitative estimate of drug-likeness (QED) is 0.666. The van der Waals surface area contributed by atoms with Crippen LogP contribution >= 0.6 is 15.9 Å². The van der Waals surface area contributed by atoms with Gasteiger partial charge in [-0.25, -0.2) is 9.37 Å². The molecule has 2 N–H and O–H groups in total. The Morgan fingerprint density at radius 2 is 1.80 bits per heavy atom. The highest BCUT2D eigenvalue weighted by Gasteiger charge is 2.26. The molecule has 2 saturated carbocycles. The number of nitrogens with one attached hydrogen (secondary N) is 2. The van der Waals surface area contributed by atoms with Crippen molar-refractivity contribution in [1.82, 2.24) is 9.97 Å². The Morgan fingerprint density at radius 1 is 1.00 bits per heavy atom. The fraction of sp³-hybridized carbons (Fsp3) is 0.474. The highest BCUT2D eigenvalue weighted by molar-refractivity contribution is 9.10. The maximum absolute atomic E-state index is 13.8. The molecule has 0 spiro atoms. The Balaban J connectivity index is 1.56. The summed E-state index contributed by atoms with van der Waals surface area (Å²) in [5.41, 5.74) is 1.76. The zero-order valence-electron chi connectivity index (χ0n) is 14.1. The molecule has 2 aliphatic rings. The van der Waals surface area contributed by atoms with Gasteiger partial charge in [-0.2, -0.15) is 4.98 Å². The molecular formula is C19H22BrFN4. The minimum Gasteiger partial charge on any atom is -0.351 e. The molecule has 2 aliphatic carbocycles. The minimum absolute atomic E-state index is 0.290. The zero-order valence-corrected chi connectivity index (χ0v) is 15.7. The maximum Gasteiger partial charge on any atom is 0.225 e. The first-order chi connectivity index (χ1) is 12.2. The summed E-state index contributed by atoms with van der Waals surface area (Å²) in [5, 5.41) is 6.73.